The van der Waals surface area contributed by atoms with Crippen molar-refractivity contribution in [3.8, 4) is 0 Å². The zero-order chi connectivity index (χ0) is 21.4. The van der Waals surface area contributed by atoms with Crippen molar-refractivity contribution in [2.75, 3.05) is 6.61 Å². The van der Waals surface area contributed by atoms with Gasteiger partial charge in [0.25, 0.3) is 11.8 Å². The summed E-state index contributed by atoms with van der Waals surface area (Å²) in [6, 6.07) is 11.4. The number of hydrogen-bond acceptors (Lipinski definition) is 4. The molecule has 29 heavy (non-hydrogen) atoms. The molecule has 0 bridgehead atoms. The summed E-state index contributed by atoms with van der Waals surface area (Å²) in [6.07, 6.45) is 0. The molecule has 2 aromatic rings. The average Bonchev–Trinajstić information content (AvgIpc) is 2.68. The molecule has 154 valence electrons. The van der Waals surface area contributed by atoms with Crippen LogP contribution in [0.2, 0.25) is 5.02 Å². The normalized spacial score (nSPS) is 11.6. The Morgan fingerprint density at radius 2 is 1.83 bits per heavy atom. The van der Waals surface area contributed by atoms with E-state index in [-0.39, 0.29) is 18.0 Å². The summed E-state index contributed by atoms with van der Waals surface area (Å²) in [7, 11) is 0. The minimum Gasteiger partial charge on any atom is -0.454 e. The molecular formula is C21H22ClFN2O4. The van der Waals surface area contributed by atoms with Gasteiger partial charge in [-0.3, -0.25) is 9.59 Å². The van der Waals surface area contributed by atoms with Gasteiger partial charge in [0.1, 0.15) is 11.9 Å². The average molecular weight is 421 g/mol. The molecule has 0 heterocycles. The van der Waals surface area contributed by atoms with Gasteiger partial charge in [-0.2, -0.15) is 0 Å². The van der Waals surface area contributed by atoms with Crippen LogP contribution in [-0.2, 0) is 20.9 Å². The molecule has 0 aliphatic heterocycles. The van der Waals surface area contributed by atoms with E-state index >= 15 is 0 Å². The highest BCUT2D eigenvalue weighted by molar-refractivity contribution is 6.30. The van der Waals surface area contributed by atoms with Crippen LogP contribution in [0.1, 0.15) is 29.8 Å². The summed E-state index contributed by atoms with van der Waals surface area (Å²) < 4.78 is 18.8. The van der Waals surface area contributed by atoms with E-state index in [1.165, 1.54) is 18.2 Å². The summed E-state index contributed by atoms with van der Waals surface area (Å²) in [5.74, 6) is -3.03. The highest BCUT2D eigenvalue weighted by atomic mass is 35.5. The van der Waals surface area contributed by atoms with Crippen LogP contribution in [0, 0.1) is 11.7 Å². The van der Waals surface area contributed by atoms with Crippen molar-refractivity contribution in [2.45, 2.75) is 26.4 Å². The number of rotatable bonds is 8. The van der Waals surface area contributed by atoms with E-state index in [1.807, 2.05) is 0 Å². The number of nitrogens with one attached hydrogen (secondary N) is 2. The second-order valence-electron chi connectivity index (χ2n) is 6.69. The summed E-state index contributed by atoms with van der Waals surface area (Å²) >= 11 is 5.88. The first-order valence-corrected chi connectivity index (χ1v) is 9.39. The van der Waals surface area contributed by atoms with Crippen LogP contribution < -0.4 is 10.6 Å². The zero-order valence-corrected chi connectivity index (χ0v) is 16.8. The molecule has 0 fully saturated rings. The third-order valence-electron chi connectivity index (χ3n) is 4.05. The molecule has 0 aromatic heterocycles. The number of carbonyl (C=O) groups is 3. The maximum atomic E-state index is 13.8. The predicted molar refractivity (Wildman–Crippen MR) is 107 cm³/mol. The Hall–Kier alpha value is -2.93. The summed E-state index contributed by atoms with van der Waals surface area (Å²) in [5, 5.41) is 5.62. The maximum absolute atomic E-state index is 13.8. The molecule has 0 aliphatic carbocycles. The molecule has 2 N–H and O–H groups in total. The molecule has 2 aromatic carbocycles. The second-order valence-corrected chi connectivity index (χ2v) is 7.13. The van der Waals surface area contributed by atoms with E-state index < -0.39 is 36.2 Å². The van der Waals surface area contributed by atoms with Gasteiger partial charge < -0.3 is 15.4 Å². The molecule has 0 unspecified atom stereocenters. The molecule has 0 radical (unpaired) electrons. The van der Waals surface area contributed by atoms with Gasteiger partial charge in [-0.15, -0.1) is 0 Å². The number of ether oxygens (including phenoxy) is 1. The van der Waals surface area contributed by atoms with E-state index in [1.54, 1.807) is 38.1 Å². The molecule has 0 saturated heterocycles. The summed E-state index contributed by atoms with van der Waals surface area (Å²) in [4.78, 5) is 36.5. The Labute approximate surface area is 173 Å². The minimum absolute atomic E-state index is 0.176. The van der Waals surface area contributed by atoms with E-state index in [9.17, 15) is 18.8 Å². The standard InChI is InChI=1S/C21H22ClFN2O4/c1-13(2)19(25-20(27)16-8-3-4-9-17(16)23)21(28)29-12-18(26)24-11-14-6-5-7-15(22)10-14/h3-10,13,19H,11-12H2,1-2H3,(H,24,26)(H,25,27)/t19-/m0/s1. The highest BCUT2D eigenvalue weighted by Gasteiger charge is 2.27. The predicted octanol–water partition coefficient (Wildman–Crippen LogP) is 3.09. The van der Waals surface area contributed by atoms with Crippen molar-refractivity contribution in [2.24, 2.45) is 5.92 Å². The van der Waals surface area contributed by atoms with Crippen molar-refractivity contribution in [3.63, 3.8) is 0 Å². The second kappa shape index (κ2) is 10.6. The van der Waals surface area contributed by atoms with Crippen molar-refractivity contribution in [1.29, 1.82) is 0 Å². The van der Waals surface area contributed by atoms with Crippen LogP contribution in [0.15, 0.2) is 48.5 Å². The van der Waals surface area contributed by atoms with E-state index in [0.29, 0.717) is 5.02 Å². The van der Waals surface area contributed by atoms with Gasteiger partial charge in [-0.05, 0) is 35.7 Å². The number of amides is 2. The van der Waals surface area contributed by atoms with Gasteiger partial charge in [0, 0.05) is 11.6 Å². The molecule has 2 rings (SSSR count). The Bertz CT molecular complexity index is 888. The van der Waals surface area contributed by atoms with Gasteiger partial charge in [0.15, 0.2) is 6.61 Å². The van der Waals surface area contributed by atoms with Crippen LogP contribution in [0.3, 0.4) is 0 Å². The van der Waals surface area contributed by atoms with Crippen molar-refractivity contribution >= 4 is 29.4 Å². The van der Waals surface area contributed by atoms with Crippen LogP contribution in [-0.4, -0.2) is 30.4 Å². The molecule has 8 heteroatoms. The lowest BCUT2D eigenvalue weighted by Gasteiger charge is -2.21. The fourth-order valence-corrected chi connectivity index (χ4v) is 2.70. The van der Waals surface area contributed by atoms with Crippen molar-refractivity contribution in [1.82, 2.24) is 10.6 Å². The van der Waals surface area contributed by atoms with Gasteiger partial charge in [-0.1, -0.05) is 49.7 Å². The molecule has 2 amide bonds. The molecule has 0 aliphatic rings. The minimum atomic E-state index is -1.03. The number of hydrogen-bond donors (Lipinski definition) is 2. The molecule has 0 saturated carbocycles. The van der Waals surface area contributed by atoms with Crippen LogP contribution in [0.5, 0.6) is 0 Å². The monoisotopic (exact) mass is 420 g/mol. The van der Waals surface area contributed by atoms with Gasteiger partial charge in [0.2, 0.25) is 0 Å². The Morgan fingerprint density at radius 1 is 1.10 bits per heavy atom. The zero-order valence-electron chi connectivity index (χ0n) is 16.1. The lowest BCUT2D eigenvalue weighted by Crippen LogP contribution is -2.46. The third kappa shape index (κ3) is 6.87. The van der Waals surface area contributed by atoms with Crippen LogP contribution in [0.25, 0.3) is 0 Å². The first-order valence-electron chi connectivity index (χ1n) is 9.01. The fourth-order valence-electron chi connectivity index (χ4n) is 2.49. The number of carbonyl (C=O) groups excluding carboxylic acids is 3. The van der Waals surface area contributed by atoms with E-state index in [2.05, 4.69) is 10.6 Å². The first-order chi connectivity index (χ1) is 13.8. The van der Waals surface area contributed by atoms with E-state index in [0.717, 1.165) is 11.6 Å². The number of benzene rings is 2. The van der Waals surface area contributed by atoms with Crippen LogP contribution >= 0.6 is 11.6 Å². The van der Waals surface area contributed by atoms with Gasteiger partial charge >= 0.3 is 5.97 Å². The largest absolute Gasteiger partial charge is 0.454 e. The van der Waals surface area contributed by atoms with Crippen molar-refractivity contribution in [3.05, 3.63) is 70.5 Å². The van der Waals surface area contributed by atoms with Crippen LogP contribution in [0.4, 0.5) is 4.39 Å². The smallest absolute Gasteiger partial charge is 0.329 e. The third-order valence-corrected chi connectivity index (χ3v) is 4.29. The quantitative estimate of drug-likeness (QED) is 0.643. The first kappa shape index (κ1) is 22.4. The molecule has 1 atom stereocenters. The van der Waals surface area contributed by atoms with Crippen molar-refractivity contribution < 1.29 is 23.5 Å². The van der Waals surface area contributed by atoms with Gasteiger partial charge in [0.05, 0.1) is 5.56 Å². The Balaban J connectivity index is 1.88. The summed E-state index contributed by atoms with van der Waals surface area (Å²) in [5.41, 5.74) is 0.625. The fraction of sp³-hybridized carbons (Fsp3) is 0.286. The Morgan fingerprint density at radius 3 is 2.48 bits per heavy atom. The Kier molecular flexibility index (Phi) is 8.15. The lowest BCUT2D eigenvalue weighted by molar-refractivity contribution is -0.151. The summed E-state index contributed by atoms with van der Waals surface area (Å²) in [6.45, 7) is 3.13. The molecular weight excluding hydrogens is 399 g/mol. The highest BCUT2D eigenvalue weighted by Crippen LogP contribution is 2.11. The lowest BCUT2D eigenvalue weighted by atomic mass is 10.0. The number of halogens is 2. The number of esters is 1. The SMILES string of the molecule is CC(C)[C@H](NC(=O)c1ccccc1F)C(=O)OCC(=O)NCc1cccc(Cl)c1. The topological polar surface area (TPSA) is 84.5 Å². The molecule has 0 spiro atoms. The van der Waals surface area contributed by atoms with Gasteiger partial charge in [-0.25, -0.2) is 9.18 Å². The molecule has 6 nitrogen and oxygen atoms in total. The maximum Gasteiger partial charge on any atom is 0.329 e. The van der Waals surface area contributed by atoms with E-state index in [4.69, 9.17) is 16.3 Å².